The van der Waals surface area contributed by atoms with Gasteiger partial charge in [-0.25, -0.2) is 4.79 Å². The zero-order valence-corrected chi connectivity index (χ0v) is 11.6. The molecule has 6 heteroatoms. The molecule has 2 unspecified atom stereocenters. The Labute approximate surface area is 113 Å². The molecule has 106 valence electrons. The van der Waals surface area contributed by atoms with E-state index in [1.165, 1.54) is 31.9 Å². The van der Waals surface area contributed by atoms with Crippen molar-refractivity contribution >= 4 is 5.97 Å². The van der Waals surface area contributed by atoms with Crippen molar-refractivity contribution in [2.24, 2.45) is 5.92 Å². The minimum Gasteiger partial charge on any atom is -0.476 e. The van der Waals surface area contributed by atoms with E-state index in [0.717, 1.165) is 12.5 Å². The third-order valence-electron chi connectivity index (χ3n) is 4.07. The van der Waals surface area contributed by atoms with Gasteiger partial charge in [-0.2, -0.15) is 0 Å². The zero-order valence-electron chi connectivity index (χ0n) is 11.6. The highest BCUT2D eigenvalue weighted by Gasteiger charge is 2.24. The molecule has 0 aliphatic heterocycles. The number of rotatable bonds is 5. The number of carboxylic acids is 1. The molecule has 19 heavy (non-hydrogen) atoms. The van der Waals surface area contributed by atoms with E-state index in [-0.39, 0.29) is 5.69 Å². The van der Waals surface area contributed by atoms with Crippen LogP contribution in [0.5, 0.6) is 0 Å². The summed E-state index contributed by atoms with van der Waals surface area (Å²) in [5.74, 6) is -0.287. The average molecular weight is 266 g/mol. The van der Waals surface area contributed by atoms with Gasteiger partial charge in [0.25, 0.3) is 0 Å². The number of hydrogen-bond acceptors (Lipinski definition) is 4. The van der Waals surface area contributed by atoms with Crippen LogP contribution in [0.25, 0.3) is 0 Å². The molecule has 0 radical (unpaired) electrons. The van der Waals surface area contributed by atoms with Crippen molar-refractivity contribution in [2.75, 3.05) is 13.6 Å². The Hall–Kier alpha value is -1.43. The summed E-state index contributed by atoms with van der Waals surface area (Å²) in [6, 6.07) is 0.635. The van der Waals surface area contributed by atoms with E-state index >= 15 is 0 Å². The molecule has 1 saturated carbocycles. The van der Waals surface area contributed by atoms with Crippen LogP contribution in [0.4, 0.5) is 0 Å². The maximum absolute atomic E-state index is 10.7. The van der Waals surface area contributed by atoms with E-state index < -0.39 is 5.97 Å². The van der Waals surface area contributed by atoms with Crippen molar-refractivity contribution in [2.45, 2.75) is 45.2 Å². The monoisotopic (exact) mass is 266 g/mol. The fourth-order valence-electron chi connectivity index (χ4n) is 2.88. The third-order valence-corrected chi connectivity index (χ3v) is 4.07. The first-order valence-corrected chi connectivity index (χ1v) is 6.91. The van der Waals surface area contributed by atoms with Crippen molar-refractivity contribution in [1.29, 1.82) is 0 Å². The lowest BCUT2D eigenvalue weighted by atomic mass is 9.85. The molecule has 6 nitrogen and oxygen atoms in total. The fourth-order valence-corrected chi connectivity index (χ4v) is 2.88. The second kappa shape index (κ2) is 6.14. The van der Waals surface area contributed by atoms with Gasteiger partial charge in [0.1, 0.15) is 0 Å². The summed E-state index contributed by atoms with van der Waals surface area (Å²) in [6.45, 7) is 3.87. The fraction of sp³-hybridized carbons (Fsp3) is 0.769. The SMILES string of the molecule is CC1CCCCC1N(C)CCn1cc(C(=O)O)nn1. The van der Waals surface area contributed by atoms with Crippen LogP contribution in [0.2, 0.25) is 0 Å². The lowest BCUT2D eigenvalue weighted by molar-refractivity contribution is 0.0690. The average Bonchev–Trinajstić information content (AvgIpc) is 2.85. The van der Waals surface area contributed by atoms with Crippen molar-refractivity contribution in [3.63, 3.8) is 0 Å². The minimum absolute atomic E-state index is 0.00804. The Morgan fingerprint density at radius 1 is 1.53 bits per heavy atom. The standard InChI is InChI=1S/C13H22N4O2/c1-10-5-3-4-6-12(10)16(2)7-8-17-9-11(13(18)19)14-15-17/h9-10,12H,3-8H2,1-2H3,(H,18,19). The maximum Gasteiger partial charge on any atom is 0.358 e. The Balaban J connectivity index is 1.85. The summed E-state index contributed by atoms with van der Waals surface area (Å²) in [4.78, 5) is 13.1. The van der Waals surface area contributed by atoms with Gasteiger partial charge in [-0.05, 0) is 25.8 Å². The van der Waals surface area contributed by atoms with E-state index in [1.54, 1.807) is 4.68 Å². The lowest BCUT2D eigenvalue weighted by Crippen LogP contribution is -2.40. The summed E-state index contributed by atoms with van der Waals surface area (Å²) in [7, 11) is 2.14. The largest absolute Gasteiger partial charge is 0.476 e. The van der Waals surface area contributed by atoms with Gasteiger partial charge < -0.3 is 10.0 Å². The minimum atomic E-state index is -1.03. The normalized spacial score (nSPS) is 23.7. The van der Waals surface area contributed by atoms with Gasteiger partial charge in [-0.3, -0.25) is 4.68 Å². The summed E-state index contributed by atoms with van der Waals surface area (Å²) in [5, 5.41) is 16.2. The highest BCUT2D eigenvalue weighted by molar-refractivity contribution is 5.84. The summed E-state index contributed by atoms with van der Waals surface area (Å²) < 4.78 is 1.60. The molecule has 1 aliphatic rings. The summed E-state index contributed by atoms with van der Waals surface area (Å²) in [5.41, 5.74) is 0.00804. The Kier molecular flexibility index (Phi) is 4.52. The highest BCUT2D eigenvalue weighted by atomic mass is 16.4. The second-order valence-electron chi connectivity index (χ2n) is 5.48. The molecule has 0 bridgehead atoms. The molecule has 1 heterocycles. The van der Waals surface area contributed by atoms with Crippen LogP contribution in [0.1, 0.15) is 43.1 Å². The molecule has 1 aromatic rings. The van der Waals surface area contributed by atoms with Crippen LogP contribution in [0, 0.1) is 5.92 Å². The Morgan fingerprint density at radius 3 is 2.89 bits per heavy atom. The molecule has 0 spiro atoms. The van der Waals surface area contributed by atoms with Crippen LogP contribution < -0.4 is 0 Å². The zero-order chi connectivity index (χ0) is 13.8. The second-order valence-corrected chi connectivity index (χ2v) is 5.48. The predicted molar refractivity (Wildman–Crippen MR) is 71.0 cm³/mol. The topological polar surface area (TPSA) is 71.2 Å². The van der Waals surface area contributed by atoms with E-state index in [9.17, 15) is 4.79 Å². The van der Waals surface area contributed by atoms with Gasteiger partial charge in [-0.15, -0.1) is 5.10 Å². The Morgan fingerprint density at radius 2 is 2.26 bits per heavy atom. The van der Waals surface area contributed by atoms with E-state index in [1.807, 2.05) is 0 Å². The molecule has 0 amide bonds. The van der Waals surface area contributed by atoms with Crippen LogP contribution >= 0.6 is 0 Å². The number of carboxylic acid groups (broad SMARTS) is 1. The Bertz CT molecular complexity index is 432. The van der Waals surface area contributed by atoms with Crippen molar-refractivity contribution in [1.82, 2.24) is 19.9 Å². The van der Waals surface area contributed by atoms with E-state index in [2.05, 4.69) is 29.2 Å². The van der Waals surface area contributed by atoms with Crippen LogP contribution in [-0.4, -0.2) is 50.6 Å². The van der Waals surface area contributed by atoms with Gasteiger partial charge in [0.2, 0.25) is 0 Å². The smallest absolute Gasteiger partial charge is 0.358 e. The number of likely N-dealkylation sites (N-methyl/N-ethyl adjacent to an activating group) is 1. The van der Waals surface area contributed by atoms with E-state index in [4.69, 9.17) is 5.11 Å². The molecule has 1 aliphatic carbocycles. The van der Waals surface area contributed by atoms with Gasteiger partial charge in [0.05, 0.1) is 12.7 Å². The summed E-state index contributed by atoms with van der Waals surface area (Å²) in [6.07, 6.45) is 6.71. The van der Waals surface area contributed by atoms with Crippen molar-refractivity contribution in [3.05, 3.63) is 11.9 Å². The van der Waals surface area contributed by atoms with Gasteiger partial charge >= 0.3 is 5.97 Å². The first-order chi connectivity index (χ1) is 9.08. The molecule has 0 saturated heterocycles. The molecule has 0 aromatic carbocycles. The first-order valence-electron chi connectivity index (χ1n) is 6.91. The predicted octanol–water partition coefficient (Wildman–Crippen LogP) is 1.49. The van der Waals surface area contributed by atoms with Gasteiger partial charge in [0, 0.05) is 12.6 Å². The number of hydrogen-bond donors (Lipinski definition) is 1. The number of aromatic nitrogens is 3. The highest BCUT2D eigenvalue weighted by Crippen LogP contribution is 2.27. The van der Waals surface area contributed by atoms with Gasteiger partial charge in [-0.1, -0.05) is 25.0 Å². The van der Waals surface area contributed by atoms with Crippen LogP contribution in [0.15, 0.2) is 6.20 Å². The van der Waals surface area contributed by atoms with E-state index in [0.29, 0.717) is 12.6 Å². The lowest BCUT2D eigenvalue weighted by Gasteiger charge is -2.36. The molecule has 1 N–H and O–H groups in total. The maximum atomic E-state index is 10.7. The quantitative estimate of drug-likeness (QED) is 0.874. The number of aromatic carboxylic acids is 1. The third kappa shape index (κ3) is 3.53. The first kappa shape index (κ1) is 14.0. The number of nitrogens with zero attached hydrogens (tertiary/aromatic N) is 4. The summed E-state index contributed by atoms with van der Waals surface area (Å²) >= 11 is 0. The van der Waals surface area contributed by atoms with Crippen molar-refractivity contribution < 1.29 is 9.90 Å². The number of carbonyl (C=O) groups is 1. The van der Waals surface area contributed by atoms with Crippen LogP contribution in [-0.2, 0) is 6.54 Å². The van der Waals surface area contributed by atoms with Gasteiger partial charge in [0.15, 0.2) is 5.69 Å². The van der Waals surface area contributed by atoms with Crippen LogP contribution in [0.3, 0.4) is 0 Å². The molecule has 1 aromatic heterocycles. The molecule has 1 fully saturated rings. The molecular weight excluding hydrogens is 244 g/mol. The van der Waals surface area contributed by atoms with Crippen molar-refractivity contribution in [3.8, 4) is 0 Å². The molecule has 2 atom stereocenters. The molecule has 2 rings (SSSR count). The molecular formula is C13H22N4O2.